The maximum absolute atomic E-state index is 11.9. The third-order valence-electron chi connectivity index (χ3n) is 4.14. The largest absolute Gasteiger partial charge is 0.306 e. The van der Waals surface area contributed by atoms with Crippen molar-refractivity contribution in [2.24, 2.45) is 0 Å². The third kappa shape index (κ3) is 5.50. The molecule has 0 amide bonds. The van der Waals surface area contributed by atoms with E-state index in [9.17, 15) is 16.8 Å². The maximum Gasteiger partial charge on any atom is 0.227 e. The molecule has 5 nitrogen and oxygen atoms in total. The van der Waals surface area contributed by atoms with Crippen molar-refractivity contribution in [2.75, 3.05) is 14.1 Å². The van der Waals surface area contributed by atoms with Crippen molar-refractivity contribution in [1.82, 2.24) is 4.90 Å². The molecule has 0 atom stereocenters. The molecule has 0 radical (unpaired) electrons. The van der Waals surface area contributed by atoms with Crippen molar-refractivity contribution in [3.8, 4) is 0 Å². The summed E-state index contributed by atoms with van der Waals surface area (Å²) in [5, 5.41) is 0. The Morgan fingerprint density at radius 2 is 1.12 bits per heavy atom. The summed E-state index contributed by atoms with van der Waals surface area (Å²) in [6.45, 7) is 0. The predicted octanol–water partition coefficient (Wildman–Crippen LogP) is 2.64. The molecule has 0 aliphatic heterocycles. The highest BCUT2D eigenvalue weighted by Gasteiger charge is 2.22. The predicted molar refractivity (Wildman–Crippen MR) is 110 cm³/mol. The molecule has 2 rings (SSSR count). The van der Waals surface area contributed by atoms with E-state index in [0.717, 1.165) is 0 Å². The van der Waals surface area contributed by atoms with Gasteiger partial charge in [-0.2, -0.15) is 0 Å². The van der Waals surface area contributed by atoms with Gasteiger partial charge in [0.2, 0.25) is 17.7 Å². The number of thiol groups is 2. The fourth-order valence-corrected chi connectivity index (χ4v) is 5.33. The van der Waals surface area contributed by atoms with Gasteiger partial charge >= 0.3 is 0 Å². The number of rotatable bonds is 7. The van der Waals surface area contributed by atoms with E-state index < -0.39 is 17.7 Å². The van der Waals surface area contributed by atoms with Crippen molar-refractivity contribution >= 4 is 41.1 Å². The molecule has 2 aromatic rings. The molecule has 0 aliphatic carbocycles. The second-order valence-corrected chi connectivity index (χ2v) is 11.9. The van der Waals surface area contributed by atoms with Gasteiger partial charge in [-0.1, -0.05) is 36.4 Å². The summed E-state index contributed by atoms with van der Waals surface area (Å²) in [5.74, 6) is 0. The molecule has 0 saturated carbocycles. The average molecular weight is 432 g/mol. The quantitative estimate of drug-likeness (QED) is 0.521. The summed E-state index contributed by atoms with van der Waals surface area (Å²) < 4.78 is 47.6. The first-order chi connectivity index (χ1) is 12.0. The molecule has 0 aliphatic rings. The zero-order valence-electron chi connectivity index (χ0n) is 14.4. The standard InChI is InChI=1S/C17H21NO4S4/c1-18(2)15(11-13-7-3-5-9-16(13)25(19,20)23)12-14-8-4-6-10-17(14)26(21,22)24/h3-10,15H,11-12H2,1-2H3,(H,19,20,23)(H,21,22,24). The third-order valence-corrected chi connectivity index (χ3v) is 7.23. The van der Waals surface area contributed by atoms with Gasteiger partial charge in [-0.15, -0.1) is 0 Å². The first kappa shape index (κ1) is 21.3. The molecule has 26 heavy (non-hydrogen) atoms. The van der Waals surface area contributed by atoms with E-state index in [-0.39, 0.29) is 15.8 Å². The molecule has 9 heteroatoms. The lowest BCUT2D eigenvalue weighted by molar-refractivity contribution is 0.287. The van der Waals surface area contributed by atoms with E-state index >= 15 is 0 Å². The Morgan fingerprint density at radius 3 is 1.42 bits per heavy atom. The molecular weight excluding hydrogens is 410 g/mol. The van der Waals surface area contributed by atoms with Crippen LogP contribution in [0.15, 0.2) is 58.3 Å². The fourth-order valence-electron chi connectivity index (χ4n) is 2.79. The van der Waals surface area contributed by atoms with Crippen molar-refractivity contribution in [1.29, 1.82) is 0 Å². The van der Waals surface area contributed by atoms with Crippen LogP contribution in [0.25, 0.3) is 0 Å². The van der Waals surface area contributed by atoms with E-state index in [1.807, 2.05) is 19.0 Å². The molecule has 0 N–H and O–H groups in total. The highest BCUT2D eigenvalue weighted by atomic mass is 33.1. The van der Waals surface area contributed by atoms with Crippen LogP contribution >= 0.6 is 23.3 Å². The highest BCUT2D eigenvalue weighted by molar-refractivity contribution is 8.63. The lowest BCUT2D eigenvalue weighted by atomic mass is 9.98. The highest BCUT2D eigenvalue weighted by Crippen LogP contribution is 2.25. The zero-order chi connectivity index (χ0) is 19.5. The Kier molecular flexibility index (Phi) is 6.84. The number of nitrogens with zero attached hydrogens (tertiary/aromatic N) is 1. The van der Waals surface area contributed by atoms with Crippen LogP contribution < -0.4 is 0 Å². The molecular formula is C17H21NO4S4. The Morgan fingerprint density at radius 1 is 0.769 bits per heavy atom. The van der Waals surface area contributed by atoms with Gasteiger partial charge in [0.15, 0.2) is 0 Å². The number of hydrogen-bond donors (Lipinski definition) is 2. The lowest BCUT2D eigenvalue weighted by Gasteiger charge is -2.26. The van der Waals surface area contributed by atoms with Gasteiger partial charge in [-0.25, -0.2) is 16.8 Å². The first-order valence-corrected chi connectivity index (χ1v) is 12.8. The van der Waals surface area contributed by atoms with Crippen molar-refractivity contribution in [3.05, 3.63) is 59.7 Å². The summed E-state index contributed by atoms with van der Waals surface area (Å²) in [4.78, 5) is 2.29. The van der Waals surface area contributed by atoms with Crippen LogP contribution in [0.5, 0.6) is 0 Å². The van der Waals surface area contributed by atoms with E-state index in [4.69, 9.17) is 0 Å². The van der Waals surface area contributed by atoms with Crippen LogP contribution in [0.2, 0.25) is 0 Å². The number of likely N-dealkylation sites (N-methyl/N-ethyl adjacent to an activating group) is 1. The van der Waals surface area contributed by atoms with Gasteiger partial charge < -0.3 is 4.90 Å². The Balaban J connectivity index is 2.40. The van der Waals surface area contributed by atoms with Gasteiger partial charge in [0.25, 0.3) is 0 Å². The number of hydrogen-bond acceptors (Lipinski definition) is 5. The van der Waals surface area contributed by atoms with Crippen molar-refractivity contribution in [3.63, 3.8) is 0 Å². The van der Waals surface area contributed by atoms with E-state index in [1.54, 1.807) is 36.4 Å². The summed E-state index contributed by atoms with van der Waals surface area (Å²) in [6.07, 6.45) is 0.869. The zero-order valence-corrected chi connectivity index (χ0v) is 17.8. The maximum atomic E-state index is 11.9. The van der Waals surface area contributed by atoms with E-state index in [1.165, 1.54) is 12.1 Å². The smallest absolute Gasteiger partial charge is 0.227 e. The molecule has 0 fully saturated rings. The topological polar surface area (TPSA) is 71.5 Å². The van der Waals surface area contributed by atoms with Gasteiger partial charge in [0.1, 0.15) is 0 Å². The van der Waals surface area contributed by atoms with Crippen LogP contribution in [-0.4, -0.2) is 41.9 Å². The SMILES string of the molecule is CN(C)C(Cc1ccccc1S(=O)(=O)S)Cc1ccccc1S(=O)(=O)S. The molecule has 142 valence electrons. The minimum absolute atomic E-state index is 0.109. The van der Waals surface area contributed by atoms with Crippen LogP contribution in [0.3, 0.4) is 0 Å². The second-order valence-electron chi connectivity index (χ2n) is 6.19. The van der Waals surface area contributed by atoms with E-state index in [0.29, 0.717) is 24.0 Å². The summed E-state index contributed by atoms with van der Waals surface area (Å²) >= 11 is 7.42. The van der Waals surface area contributed by atoms with Crippen LogP contribution in [0, 0.1) is 0 Å². The Bertz CT molecular complexity index is 908. The molecule has 2 aromatic carbocycles. The minimum Gasteiger partial charge on any atom is -0.306 e. The summed E-state index contributed by atoms with van der Waals surface area (Å²) in [6, 6.07) is 13.3. The molecule has 0 bridgehead atoms. The first-order valence-electron chi connectivity index (χ1n) is 7.77. The Labute approximate surface area is 164 Å². The van der Waals surface area contributed by atoms with Gasteiger partial charge in [0.05, 0.1) is 9.79 Å². The lowest BCUT2D eigenvalue weighted by Crippen LogP contribution is -2.33. The van der Waals surface area contributed by atoms with Gasteiger partial charge in [-0.05, 0) is 73.5 Å². The summed E-state index contributed by atoms with van der Waals surface area (Å²) in [7, 11) is -3.53. The Hall–Kier alpha value is -1.000. The van der Waals surface area contributed by atoms with Crippen LogP contribution in [0.4, 0.5) is 0 Å². The fraction of sp³-hybridized carbons (Fsp3) is 0.294. The average Bonchev–Trinajstić information content (AvgIpc) is 2.53. The van der Waals surface area contributed by atoms with Crippen LogP contribution in [-0.2, 0) is 30.6 Å². The monoisotopic (exact) mass is 431 g/mol. The van der Waals surface area contributed by atoms with Crippen LogP contribution in [0.1, 0.15) is 11.1 Å². The van der Waals surface area contributed by atoms with Crippen molar-refractivity contribution < 1.29 is 16.8 Å². The minimum atomic E-state index is -3.64. The van der Waals surface area contributed by atoms with Gasteiger partial charge in [0, 0.05) is 6.04 Å². The molecule has 0 heterocycles. The molecule has 0 aromatic heterocycles. The summed E-state index contributed by atoms with van der Waals surface area (Å²) in [5.41, 5.74) is 1.29. The second kappa shape index (κ2) is 8.35. The normalized spacial score (nSPS) is 12.7. The molecule has 0 unspecified atom stereocenters. The van der Waals surface area contributed by atoms with E-state index in [2.05, 4.69) is 23.3 Å². The van der Waals surface area contributed by atoms with Crippen molar-refractivity contribution in [2.45, 2.75) is 28.7 Å². The molecule has 0 spiro atoms. The molecule has 0 saturated heterocycles. The number of benzene rings is 2. The van der Waals surface area contributed by atoms with Gasteiger partial charge in [-0.3, -0.25) is 0 Å².